The summed E-state index contributed by atoms with van der Waals surface area (Å²) in [4.78, 5) is 27.9. The Kier molecular flexibility index (Phi) is 8.69. The van der Waals surface area contributed by atoms with E-state index in [9.17, 15) is 9.59 Å². The van der Waals surface area contributed by atoms with Crippen molar-refractivity contribution in [3.63, 3.8) is 0 Å². The van der Waals surface area contributed by atoms with E-state index in [4.69, 9.17) is 9.47 Å². The Morgan fingerprint density at radius 2 is 1.29 bits per heavy atom. The van der Waals surface area contributed by atoms with Crippen molar-refractivity contribution < 1.29 is 19.1 Å². The molecule has 1 amide bonds. The predicted octanol–water partition coefficient (Wildman–Crippen LogP) is 6.69. The summed E-state index contributed by atoms with van der Waals surface area (Å²) in [7, 11) is 0. The molecule has 0 aromatic carbocycles. The van der Waals surface area contributed by atoms with Crippen molar-refractivity contribution in [3.8, 4) is 0 Å². The normalized spacial score (nSPS) is 18.0. The predicted molar refractivity (Wildman–Crippen MR) is 127 cm³/mol. The van der Waals surface area contributed by atoms with Crippen molar-refractivity contribution in [1.29, 1.82) is 0 Å². The number of carbonyl (C=O) groups is 2. The van der Waals surface area contributed by atoms with E-state index in [1.807, 2.05) is 20.8 Å². The highest BCUT2D eigenvalue weighted by molar-refractivity contribution is 5.76. The third-order valence-electron chi connectivity index (χ3n) is 7.89. The lowest BCUT2D eigenvalue weighted by atomic mass is 9.70. The number of likely N-dealkylation sites (tertiary alicyclic amines) is 1. The number of hydrogen-bond donors (Lipinski definition) is 0. The number of ether oxygens (including phenoxy) is 2. The molecule has 0 radical (unpaired) electrons. The Bertz CT molecular complexity index is 598. The number of hydrogen-bond acceptors (Lipinski definition) is 4. The SMILES string of the molecule is CCC(C)(C)C(=O)OC1(C(C)(C)C)CCN(C(=O)OC(C(C)C)(C(C)C)C(C)C)CC1. The van der Waals surface area contributed by atoms with Crippen molar-refractivity contribution in [2.45, 2.75) is 114 Å². The molecule has 1 saturated heterocycles. The molecule has 1 aliphatic rings. The zero-order valence-corrected chi connectivity index (χ0v) is 22.3. The highest BCUT2D eigenvalue weighted by atomic mass is 16.6. The molecule has 1 aliphatic heterocycles. The zero-order valence-electron chi connectivity index (χ0n) is 22.3. The molecule has 31 heavy (non-hydrogen) atoms. The second kappa shape index (κ2) is 9.70. The van der Waals surface area contributed by atoms with Gasteiger partial charge in [0.1, 0.15) is 11.2 Å². The summed E-state index contributed by atoms with van der Waals surface area (Å²) >= 11 is 0. The molecule has 1 fully saturated rings. The first-order chi connectivity index (χ1) is 14.0. The Labute approximate surface area is 191 Å². The van der Waals surface area contributed by atoms with Gasteiger partial charge in [-0.15, -0.1) is 0 Å². The van der Waals surface area contributed by atoms with Crippen LogP contribution in [0.5, 0.6) is 0 Å². The molecule has 0 saturated carbocycles. The van der Waals surface area contributed by atoms with Crippen LogP contribution in [0.3, 0.4) is 0 Å². The Morgan fingerprint density at radius 1 is 0.871 bits per heavy atom. The highest BCUT2D eigenvalue weighted by Gasteiger charge is 2.51. The van der Waals surface area contributed by atoms with Crippen LogP contribution in [0.25, 0.3) is 0 Å². The number of amides is 1. The van der Waals surface area contributed by atoms with Crippen molar-refractivity contribution in [2.75, 3.05) is 13.1 Å². The largest absolute Gasteiger partial charge is 0.458 e. The Hall–Kier alpha value is -1.26. The average Bonchev–Trinajstić information content (AvgIpc) is 2.64. The summed E-state index contributed by atoms with van der Waals surface area (Å²) in [6, 6.07) is 0. The lowest BCUT2D eigenvalue weighted by Gasteiger charge is -2.50. The molecule has 182 valence electrons. The molecule has 0 atom stereocenters. The smallest absolute Gasteiger partial charge is 0.410 e. The maximum Gasteiger partial charge on any atom is 0.410 e. The minimum Gasteiger partial charge on any atom is -0.458 e. The summed E-state index contributed by atoms with van der Waals surface area (Å²) < 4.78 is 12.5. The minimum absolute atomic E-state index is 0.153. The van der Waals surface area contributed by atoms with E-state index in [-0.39, 0.29) is 35.2 Å². The van der Waals surface area contributed by atoms with Gasteiger partial charge in [-0.05, 0) is 38.0 Å². The molecular weight excluding hydrogens is 390 g/mol. The number of nitrogens with zero attached hydrogens (tertiary/aromatic N) is 1. The van der Waals surface area contributed by atoms with Crippen LogP contribution in [-0.4, -0.2) is 41.3 Å². The van der Waals surface area contributed by atoms with E-state index in [0.29, 0.717) is 25.9 Å². The summed E-state index contributed by atoms with van der Waals surface area (Å²) in [6.45, 7) is 26.1. The molecule has 0 aliphatic carbocycles. The number of piperidine rings is 1. The molecule has 0 aromatic rings. The van der Waals surface area contributed by atoms with Crippen LogP contribution < -0.4 is 0 Å². The zero-order chi connectivity index (χ0) is 24.4. The van der Waals surface area contributed by atoms with Gasteiger partial charge < -0.3 is 14.4 Å². The standard InChI is InChI=1S/C26H49NO4/c1-13-24(11,12)21(28)30-25(23(8,9)10)14-16-27(17-15-25)22(29)31-26(18(2)3,19(4)5)20(6)7/h18-20H,13-17H2,1-12H3. The first kappa shape index (κ1) is 27.8. The Morgan fingerprint density at radius 3 is 1.61 bits per heavy atom. The molecule has 1 heterocycles. The third kappa shape index (κ3) is 5.57. The number of esters is 1. The van der Waals surface area contributed by atoms with Crippen molar-refractivity contribution in [2.24, 2.45) is 28.6 Å². The van der Waals surface area contributed by atoms with E-state index < -0.39 is 16.6 Å². The van der Waals surface area contributed by atoms with Crippen LogP contribution in [0.15, 0.2) is 0 Å². The summed E-state index contributed by atoms with van der Waals surface area (Å²) in [5.74, 6) is 0.491. The molecule has 0 N–H and O–H groups in total. The van der Waals surface area contributed by atoms with E-state index in [0.717, 1.165) is 6.42 Å². The lowest BCUT2D eigenvalue weighted by molar-refractivity contribution is -0.192. The quantitative estimate of drug-likeness (QED) is 0.415. The molecular formula is C26H49NO4. The van der Waals surface area contributed by atoms with Crippen molar-refractivity contribution in [1.82, 2.24) is 4.90 Å². The van der Waals surface area contributed by atoms with E-state index in [1.165, 1.54) is 0 Å². The van der Waals surface area contributed by atoms with Crippen LogP contribution in [0.1, 0.15) is 102 Å². The first-order valence-electron chi connectivity index (χ1n) is 12.2. The van der Waals surface area contributed by atoms with Gasteiger partial charge >= 0.3 is 12.1 Å². The Balaban J connectivity index is 3.03. The van der Waals surface area contributed by atoms with E-state index in [2.05, 4.69) is 62.3 Å². The van der Waals surface area contributed by atoms with Gasteiger partial charge in [0.05, 0.1) is 5.41 Å². The fourth-order valence-electron chi connectivity index (χ4n) is 5.08. The average molecular weight is 440 g/mol. The van der Waals surface area contributed by atoms with Gasteiger partial charge in [0.2, 0.25) is 0 Å². The second-order valence-electron chi connectivity index (χ2n) is 12.0. The van der Waals surface area contributed by atoms with Gasteiger partial charge in [-0.2, -0.15) is 0 Å². The fraction of sp³-hybridized carbons (Fsp3) is 0.923. The lowest BCUT2D eigenvalue weighted by Crippen LogP contribution is -2.58. The van der Waals surface area contributed by atoms with Gasteiger partial charge in [0, 0.05) is 31.3 Å². The molecule has 5 nitrogen and oxygen atoms in total. The first-order valence-corrected chi connectivity index (χ1v) is 12.2. The van der Waals surface area contributed by atoms with Gasteiger partial charge in [0.25, 0.3) is 0 Å². The summed E-state index contributed by atoms with van der Waals surface area (Å²) in [5.41, 5.74) is -1.83. The summed E-state index contributed by atoms with van der Waals surface area (Å²) in [5, 5.41) is 0. The van der Waals surface area contributed by atoms with Crippen molar-refractivity contribution in [3.05, 3.63) is 0 Å². The van der Waals surface area contributed by atoms with Crippen LogP contribution in [0.2, 0.25) is 0 Å². The van der Waals surface area contributed by atoms with Gasteiger partial charge in [-0.25, -0.2) is 4.79 Å². The van der Waals surface area contributed by atoms with Gasteiger partial charge in [-0.3, -0.25) is 4.79 Å². The molecule has 0 spiro atoms. The van der Waals surface area contributed by atoms with E-state index in [1.54, 1.807) is 4.90 Å². The molecule has 0 aromatic heterocycles. The fourth-order valence-corrected chi connectivity index (χ4v) is 5.08. The van der Waals surface area contributed by atoms with Crippen LogP contribution >= 0.6 is 0 Å². The van der Waals surface area contributed by atoms with Crippen LogP contribution in [-0.2, 0) is 14.3 Å². The monoisotopic (exact) mass is 439 g/mol. The minimum atomic E-state index is -0.585. The van der Waals surface area contributed by atoms with Crippen LogP contribution in [0.4, 0.5) is 4.79 Å². The van der Waals surface area contributed by atoms with E-state index >= 15 is 0 Å². The van der Waals surface area contributed by atoms with Crippen LogP contribution in [0, 0.1) is 28.6 Å². The van der Waals surface area contributed by atoms with Gasteiger partial charge in [-0.1, -0.05) is 69.2 Å². The topological polar surface area (TPSA) is 55.8 Å². The number of rotatable bonds is 7. The molecule has 1 rings (SSSR count). The molecule has 0 unspecified atom stereocenters. The maximum atomic E-state index is 13.2. The second-order valence-corrected chi connectivity index (χ2v) is 12.0. The number of carbonyl (C=O) groups excluding carboxylic acids is 2. The molecule has 0 bridgehead atoms. The maximum absolute atomic E-state index is 13.2. The molecule has 5 heteroatoms. The highest BCUT2D eigenvalue weighted by Crippen LogP contribution is 2.44. The third-order valence-corrected chi connectivity index (χ3v) is 7.89. The summed E-state index contributed by atoms with van der Waals surface area (Å²) in [6.07, 6.45) is 1.72. The van der Waals surface area contributed by atoms with Gasteiger partial charge in [0.15, 0.2) is 0 Å². The van der Waals surface area contributed by atoms with Crippen molar-refractivity contribution >= 4 is 12.1 Å².